The van der Waals surface area contributed by atoms with Crippen LogP contribution in [0.3, 0.4) is 0 Å². The average molecular weight is 361 g/mol. The lowest BCUT2D eigenvalue weighted by molar-refractivity contribution is 0.461. The summed E-state index contributed by atoms with van der Waals surface area (Å²) in [7, 11) is 0. The number of thiazole rings is 1. The van der Waals surface area contributed by atoms with E-state index < -0.39 is 11.6 Å². The molecule has 0 spiro atoms. The summed E-state index contributed by atoms with van der Waals surface area (Å²) >= 11 is 1.55. The molecule has 0 atom stereocenters. The zero-order valence-electron chi connectivity index (χ0n) is 14.4. The second-order valence-corrected chi connectivity index (χ2v) is 7.93. The van der Waals surface area contributed by atoms with Gasteiger partial charge in [0.05, 0.1) is 5.56 Å². The Bertz CT molecular complexity index is 902. The van der Waals surface area contributed by atoms with Crippen LogP contribution in [0.1, 0.15) is 42.7 Å². The number of aryl methyl sites for hydroxylation is 2. The number of anilines is 1. The molecule has 132 valence electrons. The minimum Gasteiger partial charge on any atom is -0.367 e. The van der Waals surface area contributed by atoms with Crippen LogP contribution in [-0.4, -0.2) is 15.4 Å². The molecule has 2 aromatic heterocycles. The number of benzene rings is 1. The van der Waals surface area contributed by atoms with Gasteiger partial charge in [0.15, 0.2) is 4.96 Å². The van der Waals surface area contributed by atoms with Crippen molar-refractivity contribution in [1.82, 2.24) is 9.38 Å². The van der Waals surface area contributed by atoms with E-state index in [1.165, 1.54) is 37.5 Å². The van der Waals surface area contributed by atoms with Gasteiger partial charge in [-0.25, -0.2) is 13.8 Å². The summed E-state index contributed by atoms with van der Waals surface area (Å²) in [6.45, 7) is 4.07. The predicted molar refractivity (Wildman–Crippen MR) is 98.4 cm³/mol. The van der Waals surface area contributed by atoms with Crippen LogP contribution in [0.2, 0.25) is 0 Å². The fourth-order valence-electron chi connectivity index (χ4n) is 3.62. The van der Waals surface area contributed by atoms with Crippen molar-refractivity contribution in [2.75, 3.05) is 5.32 Å². The van der Waals surface area contributed by atoms with Crippen molar-refractivity contribution in [2.24, 2.45) is 0 Å². The molecule has 1 N–H and O–H groups in total. The maximum Gasteiger partial charge on any atom is 0.196 e. The monoisotopic (exact) mass is 361 g/mol. The summed E-state index contributed by atoms with van der Waals surface area (Å²) in [5.41, 5.74) is 1.39. The van der Waals surface area contributed by atoms with Gasteiger partial charge in [0, 0.05) is 16.6 Å². The Kier molecular flexibility index (Phi) is 4.23. The van der Waals surface area contributed by atoms with Gasteiger partial charge in [0.2, 0.25) is 0 Å². The number of fused-ring (bicyclic) bond motifs is 1. The number of nitrogens with one attached hydrogen (secondary N) is 1. The van der Waals surface area contributed by atoms with E-state index in [-0.39, 0.29) is 5.56 Å². The molecule has 2 heterocycles. The van der Waals surface area contributed by atoms with E-state index in [1.54, 1.807) is 11.3 Å². The van der Waals surface area contributed by atoms with Gasteiger partial charge in [0.25, 0.3) is 0 Å². The average Bonchev–Trinajstić information content (AvgIpc) is 3.06. The lowest BCUT2D eigenvalue weighted by Gasteiger charge is -2.24. The lowest BCUT2D eigenvalue weighted by atomic mass is 9.95. The van der Waals surface area contributed by atoms with Gasteiger partial charge in [-0.3, -0.25) is 4.40 Å². The second kappa shape index (κ2) is 6.41. The molecule has 1 fully saturated rings. The molecule has 3 nitrogen and oxygen atoms in total. The summed E-state index contributed by atoms with van der Waals surface area (Å²) in [6, 6.07) is 4.28. The first kappa shape index (κ1) is 16.5. The maximum absolute atomic E-state index is 14.4. The van der Waals surface area contributed by atoms with Crippen molar-refractivity contribution in [3.05, 3.63) is 40.4 Å². The number of imidazole rings is 1. The van der Waals surface area contributed by atoms with Crippen LogP contribution < -0.4 is 5.32 Å². The standard InChI is InChI=1S/C19H21F2N3S/c1-11-12(2)25-19-23-17(16-14(20)9-6-10-15(16)21)18(24(11)19)22-13-7-4-3-5-8-13/h6,9-10,13,22H,3-5,7-8H2,1-2H3. The Morgan fingerprint density at radius 1 is 1.12 bits per heavy atom. The third-order valence-electron chi connectivity index (χ3n) is 5.08. The number of hydrogen-bond donors (Lipinski definition) is 1. The largest absolute Gasteiger partial charge is 0.367 e. The summed E-state index contributed by atoms with van der Waals surface area (Å²) in [5.74, 6) is -0.439. The van der Waals surface area contributed by atoms with Gasteiger partial charge >= 0.3 is 0 Å². The highest BCUT2D eigenvalue weighted by Crippen LogP contribution is 2.37. The van der Waals surface area contributed by atoms with E-state index >= 15 is 0 Å². The molecule has 1 saturated carbocycles. The minimum absolute atomic E-state index is 0.0474. The van der Waals surface area contributed by atoms with Gasteiger partial charge in [-0.2, -0.15) is 0 Å². The first-order valence-electron chi connectivity index (χ1n) is 8.75. The van der Waals surface area contributed by atoms with Crippen molar-refractivity contribution < 1.29 is 8.78 Å². The number of aromatic nitrogens is 2. The molecule has 0 amide bonds. The topological polar surface area (TPSA) is 29.3 Å². The summed E-state index contributed by atoms with van der Waals surface area (Å²) in [5, 5.41) is 3.55. The molecule has 0 radical (unpaired) electrons. The Balaban J connectivity index is 1.90. The Labute approximate surface area is 149 Å². The molecule has 25 heavy (non-hydrogen) atoms. The van der Waals surface area contributed by atoms with E-state index in [2.05, 4.69) is 10.3 Å². The van der Waals surface area contributed by atoms with E-state index in [1.807, 2.05) is 18.2 Å². The van der Waals surface area contributed by atoms with Crippen molar-refractivity contribution >= 4 is 22.1 Å². The van der Waals surface area contributed by atoms with E-state index in [4.69, 9.17) is 0 Å². The van der Waals surface area contributed by atoms with Crippen molar-refractivity contribution in [2.45, 2.75) is 52.0 Å². The number of rotatable bonds is 3. The molecule has 0 saturated heterocycles. The van der Waals surface area contributed by atoms with Crippen LogP contribution in [-0.2, 0) is 0 Å². The summed E-state index contributed by atoms with van der Waals surface area (Å²) in [6.07, 6.45) is 5.78. The maximum atomic E-state index is 14.4. The number of nitrogens with zero attached hydrogens (tertiary/aromatic N) is 2. The highest BCUT2D eigenvalue weighted by molar-refractivity contribution is 7.17. The van der Waals surface area contributed by atoms with E-state index in [9.17, 15) is 8.78 Å². The molecule has 4 rings (SSSR count). The molecule has 0 unspecified atom stereocenters. The SMILES string of the molecule is Cc1sc2nc(-c3c(F)cccc3F)c(NC3CCCCC3)n2c1C. The lowest BCUT2D eigenvalue weighted by Crippen LogP contribution is -2.23. The summed E-state index contributed by atoms with van der Waals surface area (Å²) < 4.78 is 30.8. The summed E-state index contributed by atoms with van der Waals surface area (Å²) in [4.78, 5) is 6.52. The Hall–Kier alpha value is -1.95. The quantitative estimate of drug-likeness (QED) is 0.648. The molecule has 6 heteroatoms. The van der Waals surface area contributed by atoms with Crippen molar-refractivity contribution in [3.63, 3.8) is 0 Å². The molecule has 3 aromatic rings. The van der Waals surface area contributed by atoms with Gasteiger partial charge in [-0.15, -0.1) is 11.3 Å². The highest BCUT2D eigenvalue weighted by Gasteiger charge is 2.25. The molecule has 1 aliphatic rings. The highest BCUT2D eigenvalue weighted by atomic mass is 32.1. The van der Waals surface area contributed by atoms with Crippen LogP contribution in [0.15, 0.2) is 18.2 Å². The third-order valence-corrected chi connectivity index (χ3v) is 6.14. The molecule has 1 aromatic carbocycles. The van der Waals surface area contributed by atoms with Gasteiger partial charge in [-0.05, 0) is 38.8 Å². The zero-order chi connectivity index (χ0) is 17.6. The molecular weight excluding hydrogens is 340 g/mol. The van der Waals surface area contributed by atoms with Gasteiger partial charge in [-0.1, -0.05) is 25.3 Å². The minimum atomic E-state index is -0.577. The number of hydrogen-bond acceptors (Lipinski definition) is 3. The predicted octanol–water partition coefficient (Wildman–Crippen LogP) is 5.70. The molecule has 0 aliphatic heterocycles. The first-order valence-corrected chi connectivity index (χ1v) is 9.57. The smallest absolute Gasteiger partial charge is 0.196 e. The van der Waals surface area contributed by atoms with E-state index in [0.717, 1.165) is 28.4 Å². The molecule has 0 bridgehead atoms. The third kappa shape index (κ3) is 2.82. The van der Waals surface area contributed by atoms with Crippen molar-refractivity contribution in [3.8, 4) is 11.3 Å². The van der Waals surface area contributed by atoms with Crippen LogP contribution >= 0.6 is 11.3 Å². The van der Waals surface area contributed by atoms with Crippen LogP contribution in [0.4, 0.5) is 14.6 Å². The van der Waals surface area contributed by atoms with Crippen LogP contribution in [0.5, 0.6) is 0 Å². The normalized spacial score (nSPS) is 15.8. The van der Waals surface area contributed by atoms with Crippen LogP contribution in [0, 0.1) is 25.5 Å². The first-order chi connectivity index (χ1) is 12.1. The van der Waals surface area contributed by atoms with E-state index in [0.29, 0.717) is 17.6 Å². The van der Waals surface area contributed by atoms with Gasteiger partial charge in [0.1, 0.15) is 23.1 Å². The fourth-order valence-corrected chi connectivity index (χ4v) is 4.59. The molecular formula is C19H21F2N3S. The van der Waals surface area contributed by atoms with Gasteiger partial charge < -0.3 is 5.32 Å². The Morgan fingerprint density at radius 2 is 1.80 bits per heavy atom. The molecule has 1 aliphatic carbocycles. The Morgan fingerprint density at radius 3 is 2.48 bits per heavy atom. The second-order valence-electron chi connectivity index (χ2n) is 6.75. The number of halogens is 2. The fraction of sp³-hybridized carbons (Fsp3) is 0.421. The van der Waals surface area contributed by atoms with Crippen molar-refractivity contribution in [1.29, 1.82) is 0 Å². The zero-order valence-corrected chi connectivity index (χ0v) is 15.2. The van der Waals surface area contributed by atoms with Crippen LogP contribution in [0.25, 0.3) is 16.2 Å².